The normalized spacial score (nSPS) is 13.0. The van der Waals surface area contributed by atoms with Gasteiger partial charge in [-0.3, -0.25) is 0 Å². The van der Waals surface area contributed by atoms with Crippen LogP contribution >= 0.6 is 35.3 Å². The summed E-state index contributed by atoms with van der Waals surface area (Å²) < 4.78 is 0. The number of nitrogens with zero attached hydrogens (tertiary/aromatic N) is 2. The zero-order valence-corrected chi connectivity index (χ0v) is 20.8. The number of benzene rings is 1. The number of thiazole rings is 1. The Balaban J connectivity index is 0.00000392. The molecule has 2 rings (SSSR count). The molecule has 0 saturated carbocycles. The maximum Gasteiger partial charge on any atom is 0.191 e. The van der Waals surface area contributed by atoms with Crippen molar-refractivity contribution in [2.75, 3.05) is 13.1 Å². The number of rotatable bonds is 6. The van der Waals surface area contributed by atoms with Crippen LogP contribution in [0.5, 0.6) is 0 Å². The zero-order chi connectivity index (χ0) is 20.0. The largest absolute Gasteiger partial charge is 0.387 e. The van der Waals surface area contributed by atoms with E-state index >= 15 is 0 Å². The van der Waals surface area contributed by atoms with Crippen molar-refractivity contribution >= 4 is 41.3 Å². The van der Waals surface area contributed by atoms with Crippen LogP contribution in [0.1, 0.15) is 60.5 Å². The molecule has 0 fully saturated rings. The topological polar surface area (TPSA) is 69.5 Å². The van der Waals surface area contributed by atoms with E-state index in [0.717, 1.165) is 22.8 Å². The smallest absolute Gasteiger partial charge is 0.191 e. The first-order valence-electron chi connectivity index (χ1n) is 9.44. The molecular formula is C21H33IN4OS. The highest BCUT2D eigenvalue weighted by atomic mass is 127. The van der Waals surface area contributed by atoms with Crippen molar-refractivity contribution in [1.82, 2.24) is 15.6 Å². The van der Waals surface area contributed by atoms with E-state index in [2.05, 4.69) is 53.5 Å². The number of guanidine groups is 1. The number of aliphatic hydroxyl groups is 1. The fraction of sp³-hybridized carbons (Fsp3) is 0.524. The lowest BCUT2D eigenvalue weighted by Crippen LogP contribution is -2.39. The third kappa shape index (κ3) is 7.33. The van der Waals surface area contributed by atoms with Gasteiger partial charge in [-0.05, 0) is 37.3 Å². The van der Waals surface area contributed by atoms with E-state index in [1.165, 1.54) is 10.4 Å². The quantitative estimate of drug-likeness (QED) is 0.301. The molecule has 3 N–H and O–H groups in total. The predicted molar refractivity (Wildman–Crippen MR) is 130 cm³/mol. The molecule has 1 atom stereocenters. The minimum atomic E-state index is -0.588. The van der Waals surface area contributed by atoms with Gasteiger partial charge in [0.15, 0.2) is 5.96 Å². The SMILES string of the molecule is CCNC(=NCc1sc(C)nc1C)NCC(O)c1ccc(C(C)(C)C)cc1.I. The van der Waals surface area contributed by atoms with Gasteiger partial charge in [-0.1, -0.05) is 45.0 Å². The summed E-state index contributed by atoms with van der Waals surface area (Å²) in [5.41, 5.74) is 3.31. The second-order valence-electron chi connectivity index (χ2n) is 7.71. The molecule has 0 amide bonds. The van der Waals surface area contributed by atoms with Crippen molar-refractivity contribution < 1.29 is 5.11 Å². The highest BCUT2D eigenvalue weighted by Crippen LogP contribution is 2.24. The molecule has 0 radical (unpaired) electrons. The maximum absolute atomic E-state index is 10.5. The highest BCUT2D eigenvalue weighted by Gasteiger charge is 2.15. The molecule has 0 aliphatic heterocycles. The first-order valence-corrected chi connectivity index (χ1v) is 10.3. The Hall–Kier alpha value is -1.19. The van der Waals surface area contributed by atoms with Gasteiger partial charge in [-0.2, -0.15) is 0 Å². The van der Waals surface area contributed by atoms with Crippen molar-refractivity contribution in [2.24, 2.45) is 4.99 Å². The first-order chi connectivity index (χ1) is 12.7. The number of aliphatic imine (C=N–C) groups is 1. The standard InChI is InChI=1S/C21H32N4OS.HI/c1-7-22-20(24-13-19-14(2)25-15(3)27-19)23-12-18(26)16-8-10-17(11-9-16)21(4,5)6;/h8-11,18,26H,7,12-13H2,1-6H3,(H2,22,23,24);1H. The number of halogens is 1. The molecule has 2 aromatic rings. The van der Waals surface area contributed by atoms with E-state index in [1.807, 2.05) is 32.9 Å². The average molecular weight is 516 g/mol. The monoisotopic (exact) mass is 516 g/mol. The summed E-state index contributed by atoms with van der Waals surface area (Å²) in [4.78, 5) is 10.2. The zero-order valence-electron chi connectivity index (χ0n) is 17.7. The molecule has 0 aliphatic rings. The van der Waals surface area contributed by atoms with E-state index in [9.17, 15) is 5.11 Å². The van der Waals surface area contributed by atoms with Crippen LogP contribution in [0.3, 0.4) is 0 Å². The number of hydrogen-bond donors (Lipinski definition) is 3. The maximum atomic E-state index is 10.5. The Morgan fingerprint density at radius 3 is 2.32 bits per heavy atom. The fourth-order valence-corrected chi connectivity index (χ4v) is 3.59. The first kappa shape index (κ1) is 24.8. The summed E-state index contributed by atoms with van der Waals surface area (Å²) in [6.45, 7) is 14.4. The fourth-order valence-electron chi connectivity index (χ4n) is 2.73. The van der Waals surface area contributed by atoms with Gasteiger partial charge in [-0.15, -0.1) is 35.3 Å². The van der Waals surface area contributed by atoms with E-state index in [1.54, 1.807) is 11.3 Å². The van der Waals surface area contributed by atoms with Gasteiger partial charge in [0.25, 0.3) is 0 Å². The second kappa shape index (κ2) is 11.1. The van der Waals surface area contributed by atoms with Crippen LogP contribution in [0.2, 0.25) is 0 Å². The number of aryl methyl sites for hydroxylation is 2. The molecule has 7 heteroatoms. The molecule has 1 heterocycles. The lowest BCUT2D eigenvalue weighted by molar-refractivity contribution is 0.181. The molecular weight excluding hydrogens is 483 g/mol. The number of aliphatic hydroxyl groups excluding tert-OH is 1. The number of hydrogen-bond acceptors (Lipinski definition) is 4. The van der Waals surface area contributed by atoms with E-state index in [0.29, 0.717) is 19.0 Å². The lowest BCUT2D eigenvalue weighted by Gasteiger charge is -2.20. The summed E-state index contributed by atoms with van der Waals surface area (Å²) in [6.07, 6.45) is -0.588. The Labute approximate surface area is 190 Å². The molecule has 0 aliphatic carbocycles. The van der Waals surface area contributed by atoms with Gasteiger partial charge in [0.1, 0.15) is 0 Å². The minimum Gasteiger partial charge on any atom is -0.387 e. The summed E-state index contributed by atoms with van der Waals surface area (Å²) in [5.74, 6) is 0.702. The second-order valence-corrected chi connectivity index (χ2v) is 8.99. The predicted octanol–water partition coefficient (Wildman–Crippen LogP) is 4.46. The Morgan fingerprint density at radius 1 is 1.18 bits per heavy atom. The van der Waals surface area contributed by atoms with Gasteiger partial charge in [-0.25, -0.2) is 9.98 Å². The van der Waals surface area contributed by atoms with Gasteiger partial charge in [0.2, 0.25) is 0 Å². The molecule has 1 aromatic heterocycles. The molecule has 156 valence electrons. The molecule has 1 unspecified atom stereocenters. The van der Waals surface area contributed by atoms with E-state index < -0.39 is 6.10 Å². The molecule has 5 nitrogen and oxygen atoms in total. The molecule has 0 bridgehead atoms. The third-order valence-corrected chi connectivity index (χ3v) is 5.41. The Morgan fingerprint density at radius 2 is 1.82 bits per heavy atom. The van der Waals surface area contributed by atoms with Crippen LogP contribution in [0, 0.1) is 13.8 Å². The van der Waals surface area contributed by atoms with Crippen molar-refractivity contribution in [3.63, 3.8) is 0 Å². The van der Waals surface area contributed by atoms with Crippen molar-refractivity contribution in [2.45, 2.75) is 59.6 Å². The molecule has 28 heavy (non-hydrogen) atoms. The molecule has 0 spiro atoms. The third-order valence-electron chi connectivity index (χ3n) is 4.35. The summed E-state index contributed by atoms with van der Waals surface area (Å²) in [5, 5.41) is 18.0. The summed E-state index contributed by atoms with van der Waals surface area (Å²) >= 11 is 1.68. The van der Waals surface area contributed by atoms with Crippen molar-refractivity contribution in [3.8, 4) is 0 Å². The Bertz CT molecular complexity index is 766. The lowest BCUT2D eigenvalue weighted by atomic mass is 9.86. The average Bonchev–Trinajstić information content (AvgIpc) is 2.93. The van der Waals surface area contributed by atoms with E-state index in [-0.39, 0.29) is 29.4 Å². The van der Waals surface area contributed by atoms with Crippen LogP contribution in [-0.4, -0.2) is 29.1 Å². The van der Waals surface area contributed by atoms with Gasteiger partial charge >= 0.3 is 0 Å². The number of nitrogens with one attached hydrogen (secondary N) is 2. The van der Waals surface area contributed by atoms with E-state index in [4.69, 9.17) is 0 Å². The van der Waals surface area contributed by atoms with Gasteiger partial charge in [0.05, 0.1) is 23.4 Å². The van der Waals surface area contributed by atoms with Crippen LogP contribution in [0.4, 0.5) is 0 Å². The summed E-state index contributed by atoms with van der Waals surface area (Å²) in [7, 11) is 0. The Kier molecular flexibility index (Phi) is 9.86. The van der Waals surface area contributed by atoms with Gasteiger partial charge in [0, 0.05) is 18.0 Å². The molecule has 1 aromatic carbocycles. The van der Waals surface area contributed by atoms with Crippen molar-refractivity contribution in [3.05, 3.63) is 51.0 Å². The van der Waals surface area contributed by atoms with Crippen LogP contribution in [0.15, 0.2) is 29.3 Å². The minimum absolute atomic E-state index is 0. The summed E-state index contributed by atoms with van der Waals surface area (Å²) in [6, 6.07) is 8.18. The van der Waals surface area contributed by atoms with Crippen LogP contribution < -0.4 is 10.6 Å². The van der Waals surface area contributed by atoms with Crippen LogP contribution in [-0.2, 0) is 12.0 Å². The van der Waals surface area contributed by atoms with Crippen LogP contribution in [0.25, 0.3) is 0 Å². The molecule has 0 saturated heterocycles. The van der Waals surface area contributed by atoms with Crippen molar-refractivity contribution in [1.29, 1.82) is 0 Å². The highest BCUT2D eigenvalue weighted by molar-refractivity contribution is 14.0. The van der Waals surface area contributed by atoms with Gasteiger partial charge < -0.3 is 15.7 Å². The number of aromatic nitrogens is 1.